The molecule has 2 atom stereocenters. The standard InChI is InChI=1S/C12H20N4O/c1-13-10-6-4-5-9(10)11-14-12(15-17-11)16-7-2-3-8-16/h9-10,13H,2-8H2,1H3. The van der Waals surface area contributed by atoms with E-state index in [1.54, 1.807) is 0 Å². The van der Waals surface area contributed by atoms with E-state index in [4.69, 9.17) is 4.52 Å². The van der Waals surface area contributed by atoms with E-state index in [2.05, 4.69) is 20.4 Å². The van der Waals surface area contributed by atoms with Crippen molar-refractivity contribution in [3.05, 3.63) is 5.89 Å². The Labute approximate surface area is 102 Å². The molecule has 0 amide bonds. The van der Waals surface area contributed by atoms with E-state index in [1.807, 2.05) is 7.05 Å². The maximum atomic E-state index is 5.45. The Morgan fingerprint density at radius 3 is 2.82 bits per heavy atom. The van der Waals surface area contributed by atoms with Gasteiger partial charge < -0.3 is 14.7 Å². The largest absolute Gasteiger partial charge is 0.338 e. The van der Waals surface area contributed by atoms with Crippen molar-refractivity contribution in [2.75, 3.05) is 25.0 Å². The Bertz CT molecular complexity index is 372. The van der Waals surface area contributed by atoms with Crippen molar-refractivity contribution in [3.8, 4) is 0 Å². The molecule has 1 aliphatic heterocycles. The van der Waals surface area contributed by atoms with Crippen LogP contribution in [0.4, 0.5) is 5.95 Å². The maximum absolute atomic E-state index is 5.45. The first kappa shape index (κ1) is 11.0. The SMILES string of the molecule is CNC1CCCC1c1nc(N2CCCC2)no1. The first-order valence-electron chi connectivity index (χ1n) is 6.64. The molecule has 5 heteroatoms. The van der Waals surface area contributed by atoms with Gasteiger partial charge in [0.15, 0.2) is 0 Å². The highest BCUT2D eigenvalue weighted by Gasteiger charge is 2.32. The zero-order valence-corrected chi connectivity index (χ0v) is 10.4. The Morgan fingerprint density at radius 1 is 1.24 bits per heavy atom. The molecule has 5 nitrogen and oxygen atoms in total. The molecule has 0 bridgehead atoms. The molecule has 2 fully saturated rings. The van der Waals surface area contributed by atoms with Gasteiger partial charge in [0.2, 0.25) is 5.89 Å². The van der Waals surface area contributed by atoms with Crippen molar-refractivity contribution in [1.29, 1.82) is 0 Å². The number of hydrogen-bond donors (Lipinski definition) is 1. The van der Waals surface area contributed by atoms with Crippen LogP contribution >= 0.6 is 0 Å². The Balaban J connectivity index is 1.75. The van der Waals surface area contributed by atoms with E-state index in [9.17, 15) is 0 Å². The van der Waals surface area contributed by atoms with Crippen molar-refractivity contribution >= 4 is 5.95 Å². The second-order valence-electron chi connectivity index (χ2n) is 5.06. The molecule has 0 radical (unpaired) electrons. The second kappa shape index (κ2) is 4.64. The zero-order valence-electron chi connectivity index (χ0n) is 10.4. The summed E-state index contributed by atoms with van der Waals surface area (Å²) >= 11 is 0. The Kier molecular flexibility index (Phi) is 3.01. The lowest BCUT2D eigenvalue weighted by Gasteiger charge is -2.14. The molecule has 1 aromatic heterocycles. The predicted octanol–water partition coefficient (Wildman–Crippen LogP) is 1.53. The second-order valence-corrected chi connectivity index (χ2v) is 5.06. The predicted molar refractivity (Wildman–Crippen MR) is 65.2 cm³/mol. The highest BCUT2D eigenvalue weighted by molar-refractivity contribution is 5.29. The van der Waals surface area contributed by atoms with Crippen LogP contribution in [0.25, 0.3) is 0 Å². The van der Waals surface area contributed by atoms with Crippen molar-refractivity contribution in [2.24, 2.45) is 0 Å². The van der Waals surface area contributed by atoms with E-state index in [-0.39, 0.29) is 0 Å². The van der Waals surface area contributed by atoms with Crippen LogP contribution in [-0.4, -0.2) is 36.3 Å². The maximum Gasteiger partial charge on any atom is 0.266 e. The van der Waals surface area contributed by atoms with Crippen LogP contribution in [-0.2, 0) is 0 Å². The average molecular weight is 236 g/mol. The Hall–Kier alpha value is -1.10. The molecule has 1 saturated heterocycles. The fourth-order valence-corrected chi connectivity index (χ4v) is 3.02. The molecule has 94 valence electrons. The summed E-state index contributed by atoms with van der Waals surface area (Å²) in [6.45, 7) is 2.14. The normalized spacial score (nSPS) is 29.1. The fourth-order valence-electron chi connectivity index (χ4n) is 3.02. The molecule has 1 aromatic rings. The van der Waals surface area contributed by atoms with E-state index in [0.717, 1.165) is 31.3 Å². The van der Waals surface area contributed by atoms with Crippen molar-refractivity contribution < 1.29 is 4.52 Å². The lowest BCUT2D eigenvalue weighted by molar-refractivity contribution is 0.335. The van der Waals surface area contributed by atoms with Gasteiger partial charge in [0.05, 0.1) is 5.92 Å². The molecular weight excluding hydrogens is 216 g/mol. The summed E-state index contributed by atoms with van der Waals surface area (Å²) in [4.78, 5) is 6.80. The summed E-state index contributed by atoms with van der Waals surface area (Å²) in [5, 5.41) is 7.47. The van der Waals surface area contributed by atoms with Gasteiger partial charge in [-0.15, -0.1) is 0 Å². The Morgan fingerprint density at radius 2 is 2.06 bits per heavy atom. The number of anilines is 1. The number of rotatable bonds is 3. The molecule has 3 rings (SSSR count). The molecule has 1 aliphatic carbocycles. The van der Waals surface area contributed by atoms with Crippen molar-refractivity contribution in [3.63, 3.8) is 0 Å². The summed E-state index contributed by atoms with van der Waals surface area (Å²) < 4.78 is 5.45. The quantitative estimate of drug-likeness (QED) is 0.862. The highest BCUT2D eigenvalue weighted by Crippen LogP contribution is 2.34. The third-order valence-electron chi connectivity index (χ3n) is 4.02. The summed E-state index contributed by atoms with van der Waals surface area (Å²) in [7, 11) is 2.01. The third-order valence-corrected chi connectivity index (χ3v) is 4.02. The monoisotopic (exact) mass is 236 g/mol. The van der Waals surface area contributed by atoms with Gasteiger partial charge in [-0.2, -0.15) is 4.98 Å². The summed E-state index contributed by atoms with van der Waals surface area (Å²) in [5.41, 5.74) is 0. The number of nitrogens with one attached hydrogen (secondary N) is 1. The summed E-state index contributed by atoms with van der Waals surface area (Å²) in [6, 6.07) is 0.502. The number of nitrogens with zero attached hydrogens (tertiary/aromatic N) is 3. The van der Waals surface area contributed by atoms with Crippen LogP contribution in [0.3, 0.4) is 0 Å². The highest BCUT2D eigenvalue weighted by atomic mass is 16.5. The number of aromatic nitrogens is 2. The minimum Gasteiger partial charge on any atom is -0.338 e. The first-order chi connectivity index (χ1) is 8.38. The fraction of sp³-hybridized carbons (Fsp3) is 0.833. The van der Waals surface area contributed by atoms with E-state index in [0.29, 0.717) is 12.0 Å². The van der Waals surface area contributed by atoms with Crippen molar-refractivity contribution in [1.82, 2.24) is 15.5 Å². The number of hydrogen-bond acceptors (Lipinski definition) is 5. The van der Waals surface area contributed by atoms with E-state index < -0.39 is 0 Å². The van der Waals surface area contributed by atoms with Gasteiger partial charge in [0, 0.05) is 19.1 Å². The van der Waals surface area contributed by atoms with Crippen LogP contribution in [0.5, 0.6) is 0 Å². The number of likely N-dealkylation sites (N-methyl/N-ethyl adjacent to an activating group) is 1. The van der Waals surface area contributed by atoms with Crippen molar-refractivity contribution in [2.45, 2.75) is 44.1 Å². The molecule has 2 aliphatic rings. The molecule has 0 spiro atoms. The smallest absolute Gasteiger partial charge is 0.266 e. The van der Waals surface area contributed by atoms with Gasteiger partial charge in [0.25, 0.3) is 5.95 Å². The molecule has 1 saturated carbocycles. The molecule has 2 unspecified atom stereocenters. The topological polar surface area (TPSA) is 54.2 Å². The van der Waals surface area contributed by atoms with Gasteiger partial charge >= 0.3 is 0 Å². The summed E-state index contributed by atoms with van der Waals surface area (Å²) in [6.07, 6.45) is 6.10. The zero-order chi connectivity index (χ0) is 11.7. The summed E-state index contributed by atoms with van der Waals surface area (Å²) in [5.74, 6) is 2.02. The minimum atomic E-state index is 0.406. The molecule has 0 aromatic carbocycles. The molecule has 2 heterocycles. The van der Waals surface area contributed by atoms with Crippen LogP contribution in [0.2, 0.25) is 0 Å². The van der Waals surface area contributed by atoms with Gasteiger partial charge in [-0.05, 0) is 37.9 Å². The van der Waals surface area contributed by atoms with E-state index >= 15 is 0 Å². The van der Waals surface area contributed by atoms with Crippen LogP contribution < -0.4 is 10.2 Å². The molecule has 1 N–H and O–H groups in total. The average Bonchev–Trinajstić information content (AvgIpc) is 3.09. The van der Waals surface area contributed by atoms with Gasteiger partial charge in [-0.1, -0.05) is 6.42 Å². The third kappa shape index (κ3) is 2.04. The van der Waals surface area contributed by atoms with Crippen LogP contribution in [0, 0.1) is 0 Å². The van der Waals surface area contributed by atoms with E-state index in [1.165, 1.54) is 25.7 Å². The van der Waals surface area contributed by atoms with Gasteiger partial charge in [-0.3, -0.25) is 0 Å². The lowest BCUT2D eigenvalue weighted by atomic mass is 10.0. The minimum absolute atomic E-state index is 0.406. The van der Waals surface area contributed by atoms with Crippen LogP contribution in [0.1, 0.15) is 43.9 Å². The first-order valence-corrected chi connectivity index (χ1v) is 6.64. The van der Waals surface area contributed by atoms with Gasteiger partial charge in [0.1, 0.15) is 0 Å². The van der Waals surface area contributed by atoms with Crippen LogP contribution in [0.15, 0.2) is 4.52 Å². The molecular formula is C12H20N4O. The lowest BCUT2D eigenvalue weighted by Crippen LogP contribution is -2.27. The van der Waals surface area contributed by atoms with Gasteiger partial charge in [-0.25, -0.2) is 0 Å². The molecule has 17 heavy (non-hydrogen) atoms.